The summed E-state index contributed by atoms with van der Waals surface area (Å²) in [6, 6.07) is 15.6. The van der Waals surface area contributed by atoms with Crippen molar-refractivity contribution in [1.82, 2.24) is 4.90 Å². The van der Waals surface area contributed by atoms with Gasteiger partial charge in [-0.15, -0.1) is 0 Å². The summed E-state index contributed by atoms with van der Waals surface area (Å²) < 4.78 is 16.8. The highest BCUT2D eigenvalue weighted by molar-refractivity contribution is 6.01. The fraction of sp³-hybridized carbons (Fsp3) is 0.261. The topological polar surface area (TPSA) is 48.0 Å². The Kier molecular flexibility index (Phi) is 5.44. The number of benzene rings is 2. The van der Waals surface area contributed by atoms with Crippen molar-refractivity contribution in [3.05, 3.63) is 77.6 Å². The van der Waals surface area contributed by atoms with Crippen molar-refractivity contribution in [2.45, 2.75) is 12.5 Å². The van der Waals surface area contributed by atoms with Crippen molar-refractivity contribution in [1.29, 1.82) is 0 Å². The van der Waals surface area contributed by atoms with Gasteiger partial charge in [0.05, 0.1) is 26.1 Å². The third-order valence-electron chi connectivity index (χ3n) is 4.94. The van der Waals surface area contributed by atoms with Crippen LogP contribution in [-0.4, -0.2) is 43.7 Å². The summed E-state index contributed by atoms with van der Waals surface area (Å²) in [5.41, 5.74) is 2.65. The maximum Gasteiger partial charge on any atom is 0.254 e. The second-order valence-electron chi connectivity index (χ2n) is 6.86. The van der Waals surface area contributed by atoms with E-state index < -0.39 is 0 Å². The minimum Gasteiger partial charge on any atom is -0.497 e. The molecule has 2 aromatic rings. The lowest BCUT2D eigenvalue weighted by atomic mass is 10.0. The summed E-state index contributed by atoms with van der Waals surface area (Å²) in [6.45, 7) is 1.68. The SMILES string of the molecule is COc1cccc(C[C@@H]2CN(C(=O)C3=Cc4ccccc4OC=C3)CCO2)c1. The molecule has 0 N–H and O–H groups in total. The molecule has 1 fully saturated rings. The van der Waals surface area contributed by atoms with E-state index in [2.05, 4.69) is 6.07 Å². The third-order valence-corrected chi connectivity index (χ3v) is 4.94. The molecule has 5 heteroatoms. The quantitative estimate of drug-likeness (QED) is 0.819. The number of morpholine rings is 1. The van der Waals surface area contributed by atoms with Gasteiger partial charge in [-0.3, -0.25) is 4.79 Å². The molecule has 0 saturated carbocycles. The summed E-state index contributed by atoms with van der Waals surface area (Å²) in [5.74, 6) is 1.57. The van der Waals surface area contributed by atoms with Crippen LogP contribution in [0.2, 0.25) is 0 Å². The number of hydrogen-bond acceptors (Lipinski definition) is 4. The predicted molar refractivity (Wildman–Crippen MR) is 107 cm³/mol. The molecule has 144 valence electrons. The number of hydrogen-bond donors (Lipinski definition) is 0. The van der Waals surface area contributed by atoms with Crippen LogP contribution >= 0.6 is 0 Å². The second-order valence-corrected chi connectivity index (χ2v) is 6.86. The maximum absolute atomic E-state index is 13.1. The summed E-state index contributed by atoms with van der Waals surface area (Å²) in [5, 5.41) is 0. The lowest BCUT2D eigenvalue weighted by Gasteiger charge is -2.33. The van der Waals surface area contributed by atoms with Gasteiger partial charge in [0.15, 0.2) is 0 Å². The number of carbonyl (C=O) groups excluding carboxylic acids is 1. The van der Waals surface area contributed by atoms with Gasteiger partial charge in [0.25, 0.3) is 5.91 Å². The highest BCUT2D eigenvalue weighted by Crippen LogP contribution is 2.25. The Morgan fingerprint density at radius 2 is 2.11 bits per heavy atom. The first-order valence-electron chi connectivity index (χ1n) is 9.40. The molecule has 2 aliphatic heterocycles. The Labute approximate surface area is 164 Å². The monoisotopic (exact) mass is 377 g/mol. The van der Waals surface area contributed by atoms with Crippen LogP contribution in [0.25, 0.3) is 6.08 Å². The van der Waals surface area contributed by atoms with Crippen LogP contribution in [-0.2, 0) is 16.0 Å². The number of ether oxygens (including phenoxy) is 3. The second kappa shape index (κ2) is 8.31. The van der Waals surface area contributed by atoms with Crippen LogP contribution in [0.4, 0.5) is 0 Å². The molecule has 0 aliphatic carbocycles. The van der Waals surface area contributed by atoms with Crippen molar-refractivity contribution in [2.24, 2.45) is 0 Å². The molecule has 0 spiro atoms. The number of para-hydroxylation sites is 1. The molecule has 1 amide bonds. The molecule has 2 aliphatic rings. The van der Waals surface area contributed by atoms with Crippen LogP contribution in [0.3, 0.4) is 0 Å². The first-order valence-corrected chi connectivity index (χ1v) is 9.40. The summed E-state index contributed by atoms with van der Waals surface area (Å²) in [6.07, 6.45) is 5.89. The van der Waals surface area contributed by atoms with Crippen LogP contribution in [0.5, 0.6) is 11.5 Å². The van der Waals surface area contributed by atoms with Gasteiger partial charge in [0.1, 0.15) is 11.5 Å². The number of amides is 1. The zero-order valence-electron chi connectivity index (χ0n) is 15.8. The number of rotatable bonds is 4. The van der Waals surface area contributed by atoms with Crippen LogP contribution < -0.4 is 9.47 Å². The Balaban J connectivity index is 1.47. The smallest absolute Gasteiger partial charge is 0.254 e. The van der Waals surface area contributed by atoms with E-state index in [-0.39, 0.29) is 12.0 Å². The van der Waals surface area contributed by atoms with Gasteiger partial charge in [-0.2, -0.15) is 0 Å². The summed E-state index contributed by atoms with van der Waals surface area (Å²) >= 11 is 0. The molecule has 1 saturated heterocycles. The molecule has 0 unspecified atom stereocenters. The van der Waals surface area contributed by atoms with E-state index in [0.29, 0.717) is 25.3 Å². The van der Waals surface area contributed by atoms with Crippen molar-refractivity contribution in [3.8, 4) is 11.5 Å². The first kappa shape index (κ1) is 18.3. The van der Waals surface area contributed by atoms with Gasteiger partial charge in [-0.25, -0.2) is 0 Å². The van der Waals surface area contributed by atoms with E-state index in [1.165, 1.54) is 0 Å². The van der Waals surface area contributed by atoms with Gasteiger partial charge in [0, 0.05) is 30.6 Å². The van der Waals surface area contributed by atoms with E-state index in [1.807, 2.05) is 53.4 Å². The van der Waals surface area contributed by atoms with Gasteiger partial charge in [0.2, 0.25) is 0 Å². The lowest BCUT2D eigenvalue weighted by molar-refractivity contribution is -0.134. The van der Waals surface area contributed by atoms with Gasteiger partial charge < -0.3 is 19.1 Å². The molecule has 28 heavy (non-hydrogen) atoms. The summed E-state index contributed by atoms with van der Waals surface area (Å²) in [7, 11) is 1.66. The van der Waals surface area contributed by atoms with Gasteiger partial charge >= 0.3 is 0 Å². The number of methoxy groups -OCH3 is 1. The molecule has 2 heterocycles. The molecule has 0 radical (unpaired) electrons. The zero-order chi connectivity index (χ0) is 19.3. The third kappa shape index (κ3) is 4.10. The first-order chi connectivity index (χ1) is 13.7. The Hall–Kier alpha value is -3.05. The number of fused-ring (bicyclic) bond motifs is 1. The van der Waals surface area contributed by atoms with Crippen molar-refractivity contribution >= 4 is 12.0 Å². The lowest BCUT2D eigenvalue weighted by Crippen LogP contribution is -2.46. The van der Waals surface area contributed by atoms with Crippen LogP contribution in [0, 0.1) is 0 Å². The molecule has 4 rings (SSSR count). The normalized spacial score (nSPS) is 18.5. The largest absolute Gasteiger partial charge is 0.497 e. The maximum atomic E-state index is 13.1. The molecule has 0 bridgehead atoms. The minimum absolute atomic E-state index is 0.00417. The standard InChI is InChI=1S/C23H23NO4/c1-26-20-7-4-5-17(13-20)14-21-16-24(10-12-27-21)23(25)19-9-11-28-22-8-3-2-6-18(22)15-19/h2-9,11,13,15,21H,10,12,14,16H2,1H3/t21-/m1/s1. The van der Waals surface area contributed by atoms with E-state index in [0.717, 1.165) is 29.0 Å². The number of carbonyl (C=O) groups is 1. The number of nitrogens with zero attached hydrogens (tertiary/aromatic N) is 1. The van der Waals surface area contributed by atoms with E-state index >= 15 is 0 Å². The molecular formula is C23H23NO4. The van der Waals surface area contributed by atoms with Gasteiger partial charge in [-0.1, -0.05) is 30.3 Å². The van der Waals surface area contributed by atoms with E-state index in [1.54, 1.807) is 19.4 Å². The van der Waals surface area contributed by atoms with Gasteiger partial charge in [-0.05, 0) is 35.9 Å². The fourth-order valence-corrected chi connectivity index (χ4v) is 3.51. The Morgan fingerprint density at radius 1 is 1.21 bits per heavy atom. The average Bonchev–Trinajstić information content (AvgIpc) is 2.96. The Bertz CT molecular complexity index is 918. The van der Waals surface area contributed by atoms with Crippen molar-refractivity contribution in [3.63, 3.8) is 0 Å². The molecule has 1 atom stereocenters. The molecule has 0 aromatic heterocycles. The molecule has 2 aromatic carbocycles. The fourth-order valence-electron chi connectivity index (χ4n) is 3.51. The van der Waals surface area contributed by atoms with Crippen molar-refractivity contribution in [2.75, 3.05) is 26.8 Å². The predicted octanol–water partition coefficient (Wildman–Crippen LogP) is 3.45. The van der Waals surface area contributed by atoms with E-state index in [4.69, 9.17) is 14.2 Å². The molecular weight excluding hydrogens is 354 g/mol. The highest BCUT2D eigenvalue weighted by atomic mass is 16.5. The van der Waals surface area contributed by atoms with Crippen molar-refractivity contribution < 1.29 is 19.0 Å². The van der Waals surface area contributed by atoms with Crippen LogP contribution in [0.1, 0.15) is 11.1 Å². The Morgan fingerprint density at radius 3 is 3.00 bits per heavy atom. The minimum atomic E-state index is -0.0382. The molecule has 5 nitrogen and oxygen atoms in total. The average molecular weight is 377 g/mol. The van der Waals surface area contributed by atoms with Crippen LogP contribution in [0.15, 0.2) is 66.4 Å². The summed E-state index contributed by atoms with van der Waals surface area (Å²) in [4.78, 5) is 14.9. The van der Waals surface area contributed by atoms with E-state index in [9.17, 15) is 4.79 Å². The zero-order valence-corrected chi connectivity index (χ0v) is 15.8. The highest BCUT2D eigenvalue weighted by Gasteiger charge is 2.26.